The molecule has 0 aliphatic rings. The Bertz CT molecular complexity index is 273. The van der Waals surface area contributed by atoms with Crippen molar-refractivity contribution < 1.29 is 5.21 Å². The lowest BCUT2D eigenvalue weighted by Gasteiger charge is -2.04. The number of hydrogen-bond donors (Lipinski definition) is 2. The van der Waals surface area contributed by atoms with Crippen molar-refractivity contribution in [3.63, 3.8) is 0 Å². The van der Waals surface area contributed by atoms with Crippen LogP contribution in [0.2, 0.25) is 0 Å². The van der Waals surface area contributed by atoms with Crippen LogP contribution in [0.5, 0.6) is 0 Å². The van der Waals surface area contributed by atoms with Crippen molar-refractivity contribution in [2.75, 3.05) is 5.48 Å². The molecule has 0 unspecified atom stereocenters. The molecule has 0 radical (unpaired) electrons. The van der Waals surface area contributed by atoms with Crippen molar-refractivity contribution in [3.8, 4) is 0 Å². The molecule has 0 saturated carbocycles. The zero-order chi connectivity index (χ0) is 8.43. The minimum Gasteiger partial charge on any atom is -0.290 e. The van der Waals surface area contributed by atoms with E-state index in [2.05, 4.69) is 9.97 Å². The third-order valence-electron chi connectivity index (χ3n) is 1.59. The standard InChI is InChI=1S/C7H11N3O/c1-4-5(2)9-7(10-11)6(3)8-4/h11H,1-3H3,(H,9,10). The Balaban J connectivity index is 3.21. The molecule has 4 heteroatoms. The van der Waals surface area contributed by atoms with Gasteiger partial charge in [-0.3, -0.25) is 15.7 Å². The van der Waals surface area contributed by atoms with Crippen molar-refractivity contribution in [3.05, 3.63) is 17.1 Å². The van der Waals surface area contributed by atoms with Gasteiger partial charge >= 0.3 is 0 Å². The fourth-order valence-corrected chi connectivity index (χ4v) is 0.821. The van der Waals surface area contributed by atoms with Gasteiger partial charge in [-0.15, -0.1) is 0 Å². The Kier molecular flexibility index (Phi) is 2.05. The third kappa shape index (κ3) is 1.46. The summed E-state index contributed by atoms with van der Waals surface area (Å²) in [4.78, 5) is 8.23. The third-order valence-corrected chi connectivity index (χ3v) is 1.59. The minimum atomic E-state index is 0.424. The van der Waals surface area contributed by atoms with Gasteiger partial charge in [0.05, 0.1) is 17.1 Å². The van der Waals surface area contributed by atoms with Gasteiger partial charge in [0, 0.05) is 0 Å². The van der Waals surface area contributed by atoms with Gasteiger partial charge < -0.3 is 0 Å². The Labute approximate surface area is 65.3 Å². The van der Waals surface area contributed by atoms with Crippen LogP contribution in [0.15, 0.2) is 0 Å². The lowest BCUT2D eigenvalue weighted by Crippen LogP contribution is -2.02. The van der Waals surface area contributed by atoms with Gasteiger partial charge in [-0.1, -0.05) is 0 Å². The van der Waals surface area contributed by atoms with Gasteiger partial charge in [0.2, 0.25) is 0 Å². The molecule has 0 aromatic carbocycles. The summed E-state index contributed by atoms with van der Waals surface area (Å²) in [6.07, 6.45) is 0. The average Bonchev–Trinajstić information content (AvgIpc) is 1.97. The monoisotopic (exact) mass is 153 g/mol. The van der Waals surface area contributed by atoms with E-state index < -0.39 is 0 Å². The highest BCUT2D eigenvalue weighted by Crippen LogP contribution is 2.10. The first-order valence-electron chi connectivity index (χ1n) is 3.37. The zero-order valence-electron chi connectivity index (χ0n) is 6.84. The van der Waals surface area contributed by atoms with Crippen LogP contribution in [0, 0.1) is 20.8 Å². The summed E-state index contributed by atoms with van der Waals surface area (Å²) in [7, 11) is 0. The largest absolute Gasteiger partial charge is 0.290 e. The van der Waals surface area contributed by atoms with E-state index in [1.54, 1.807) is 6.92 Å². The Hall–Kier alpha value is -1.16. The second kappa shape index (κ2) is 2.84. The fourth-order valence-electron chi connectivity index (χ4n) is 0.821. The molecule has 1 aromatic heterocycles. The summed E-state index contributed by atoms with van der Waals surface area (Å²) < 4.78 is 0. The van der Waals surface area contributed by atoms with Crippen molar-refractivity contribution in [1.82, 2.24) is 9.97 Å². The number of nitrogens with zero attached hydrogens (tertiary/aromatic N) is 2. The van der Waals surface area contributed by atoms with E-state index >= 15 is 0 Å². The van der Waals surface area contributed by atoms with Crippen molar-refractivity contribution in [2.45, 2.75) is 20.8 Å². The molecule has 60 valence electrons. The predicted octanol–water partition coefficient (Wildman–Crippen LogP) is 1.20. The van der Waals surface area contributed by atoms with Crippen LogP contribution in [0.3, 0.4) is 0 Å². The van der Waals surface area contributed by atoms with Crippen LogP contribution in [0.1, 0.15) is 17.1 Å². The molecule has 11 heavy (non-hydrogen) atoms. The molecule has 0 saturated heterocycles. The van der Waals surface area contributed by atoms with Crippen LogP contribution in [-0.2, 0) is 0 Å². The molecule has 1 rings (SSSR count). The molecule has 0 aliphatic heterocycles. The zero-order valence-corrected chi connectivity index (χ0v) is 6.84. The molecule has 0 aliphatic carbocycles. The quantitative estimate of drug-likeness (QED) is 0.595. The van der Waals surface area contributed by atoms with Crippen molar-refractivity contribution >= 4 is 5.82 Å². The second-order valence-electron chi connectivity index (χ2n) is 2.44. The van der Waals surface area contributed by atoms with Gasteiger partial charge in [-0.2, -0.15) is 0 Å². The first-order valence-corrected chi connectivity index (χ1v) is 3.37. The SMILES string of the molecule is Cc1nc(C)c(NO)nc1C. The maximum atomic E-state index is 8.58. The van der Waals surface area contributed by atoms with Gasteiger partial charge in [-0.25, -0.2) is 4.98 Å². The van der Waals surface area contributed by atoms with E-state index in [-0.39, 0.29) is 0 Å². The molecule has 2 N–H and O–H groups in total. The topological polar surface area (TPSA) is 58.0 Å². The first-order chi connectivity index (χ1) is 5.15. The molecule has 0 amide bonds. The number of aromatic nitrogens is 2. The van der Waals surface area contributed by atoms with Crippen LogP contribution < -0.4 is 5.48 Å². The molecule has 0 spiro atoms. The maximum absolute atomic E-state index is 8.58. The number of aryl methyl sites for hydroxylation is 3. The van der Waals surface area contributed by atoms with E-state index in [1.165, 1.54) is 0 Å². The fraction of sp³-hybridized carbons (Fsp3) is 0.429. The predicted molar refractivity (Wildman–Crippen MR) is 41.7 cm³/mol. The molecule has 4 nitrogen and oxygen atoms in total. The summed E-state index contributed by atoms with van der Waals surface area (Å²) in [5.74, 6) is 0.424. The minimum absolute atomic E-state index is 0.424. The number of anilines is 1. The summed E-state index contributed by atoms with van der Waals surface area (Å²) in [6.45, 7) is 5.52. The molecule has 0 fully saturated rings. The molecule has 1 aromatic rings. The number of rotatable bonds is 1. The van der Waals surface area contributed by atoms with E-state index in [0.717, 1.165) is 11.4 Å². The Morgan fingerprint density at radius 1 is 1.00 bits per heavy atom. The average molecular weight is 153 g/mol. The number of hydrogen-bond acceptors (Lipinski definition) is 4. The maximum Gasteiger partial charge on any atom is 0.171 e. The van der Waals surface area contributed by atoms with Crippen LogP contribution >= 0.6 is 0 Å². The first kappa shape index (κ1) is 7.94. The van der Waals surface area contributed by atoms with Gasteiger partial charge in [0.15, 0.2) is 5.82 Å². The van der Waals surface area contributed by atoms with Gasteiger partial charge in [0.25, 0.3) is 0 Å². The Morgan fingerprint density at radius 3 is 2.09 bits per heavy atom. The molecule has 1 heterocycles. The van der Waals surface area contributed by atoms with E-state index in [0.29, 0.717) is 11.5 Å². The summed E-state index contributed by atoms with van der Waals surface area (Å²) in [5, 5.41) is 8.58. The van der Waals surface area contributed by atoms with E-state index in [9.17, 15) is 0 Å². The highest BCUT2D eigenvalue weighted by Gasteiger charge is 2.02. The van der Waals surface area contributed by atoms with Crippen molar-refractivity contribution in [2.24, 2.45) is 0 Å². The summed E-state index contributed by atoms with van der Waals surface area (Å²) in [6, 6.07) is 0. The van der Waals surface area contributed by atoms with Gasteiger partial charge in [-0.05, 0) is 20.8 Å². The lowest BCUT2D eigenvalue weighted by molar-refractivity contribution is 0.384. The molecule has 0 bridgehead atoms. The van der Waals surface area contributed by atoms with Crippen molar-refractivity contribution in [1.29, 1.82) is 0 Å². The molecular formula is C7H11N3O. The van der Waals surface area contributed by atoms with E-state index in [1.807, 2.05) is 19.3 Å². The van der Waals surface area contributed by atoms with Crippen LogP contribution in [0.25, 0.3) is 0 Å². The second-order valence-corrected chi connectivity index (χ2v) is 2.44. The van der Waals surface area contributed by atoms with Crippen LogP contribution in [-0.4, -0.2) is 15.2 Å². The van der Waals surface area contributed by atoms with Crippen LogP contribution in [0.4, 0.5) is 5.82 Å². The Morgan fingerprint density at radius 2 is 1.55 bits per heavy atom. The lowest BCUT2D eigenvalue weighted by atomic mass is 10.3. The molecule has 0 atom stereocenters. The summed E-state index contributed by atoms with van der Waals surface area (Å²) >= 11 is 0. The highest BCUT2D eigenvalue weighted by atomic mass is 16.5. The highest BCUT2D eigenvalue weighted by molar-refractivity contribution is 5.38. The smallest absolute Gasteiger partial charge is 0.171 e. The normalized spacial score (nSPS) is 9.82. The summed E-state index contributed by atoms with van der Waals surface area (Å²) in [5.41, 5.74) is 4.41. The van der Waals surface area contributed by atoms with Gasteiger partial charge in [0.1, 0.15) is 0 Å². The number of nitrogens with one attached hydrogen (secondary N) is 1. The molecular weight excluding hydrogens is 142 g/mol. The van der Waals surface area contributed by atoms with E-state index in [4.69, 9.17) is 5.21 Å².